The number of rotatable bonds is 1. The first-order chi connectivity index (χ1) is 10.3. The Bertz CT molecular complexity index is 615. The zero-order valence-corrected chi connectivity index (χ0v) is 11.0. The highest BCUT2D eigenvalue weighted by Crippen LogP contribution is 2.38. The predicted octanol–water partition coefficient (Wildman–Crippen LogP) is 0.904. The lowest BCUT2D eigenvalue weighted by atomic mass is 10.00. The van der Waals surface area contributed by atoms with Gasteiger partial charge in [0.25, 0.3) is 5.79 Å². The molecular weight excluding hydrogens is 307 g/mol. The average molecular weight is 317 g/mol. The van der Waals surface area contributed by atoms with Crippen molar-refractivity contribution in [2.75, 3.05) is 13.2 Å². The first kappa shape index (κ1) is 14.8. The van der Waals surface area contributed by atoms with Crippen molar-refractivity contribution in [3.05, 3.63) is 35.4 Å². The van der Waals surface area contributed by atoms with E-state index in [-0.39, 0.29) is 12.2 Å². The number of morpholine rings is 1. The van der Waals surface area contributed by atoms with Crippen molar-refractivity contribution in [1.82, 2.24) is 5.32 Å². The van der Waals surface area contributed by atoms with Gasteiger partial charge in [-0.2, -0.15) is 13.2 Å². The highest BCUT2D eigenvalue weighted by atomic mass is 19.4. The molecule has 2 saturated heterocycles. The Morgan fingerprint density at radius 3 is 2.45 bits per heavy atom. The van der Waals surface area contributed by atoms with Crippen LogP contribution in [0.5, 0.6) is 0 Å². The van der Waals surface area contributed by atoms with Gasteiger partial charge in [-0.1, -0.05) is 12.1 Å². The molecule has 2 atom stereocenters. The van der Waals surface area contributed by atoms with E-state index >= 15 is 0 Å². The maximum Gasteiger partial charge on any atom is 0.420 e. The van der Waals surface area contributed by atoms with Crippen LogP contribution in [0.1, 0.15) is 11.1 Å². The molecule has 22 heavy (non-hydrogen) atoms. The maximum absolute atomic E-state index is 12.6. The minimum atomic E-state index is -4.49. The zero-order valence-electron chi connectivity index (χ0n) is 11.0. The van der Waals surface area contributed by atoms with Gasteiger partial charge in [0.15, 0.2) is 0 Å². The van der Waals surface area contributed by atoms with Crippen LogP contribution in [0, 0.1) is 0 Å². The fourth-order valence-electron chi connectivity index (χ4n) is 2.32. The van der Waals surface area contributed by atoms with Gasteiger partial charge in [-0.3, -0.25) is 5.32 Å². The molecule has 0 spiro atoms. The summed E-state index contributed by atoms with van der Waals surface area (Å²) in [5.74, 6) is -4.24. The van der Waals surface area contributed by atoms with E-state index in [4.69, 9.17) is 14.2 Å². The monoisotopic (exact) mass is 317 g/mol. The van der Waals surface area contributed by atoms with E-state index in [1.807, 2.05) is 0 Å². The highest BCUT2D eigenvalue weighted by molar-refractivity contribution is 6.30. The number of carbonyl (C=O) groups excluding carboxylic acids is 2. The third-order valence-corrected chi connectivity index (χ3v) is 3.34. The summed E-state index contributed by atoms with van der Waals surface area (Å²) in [5, 5.41) is 2.79. The SMILES string of the molecule is O=C1OC2NCCOC2(c2ccc(C(F)(F)F)cc2)OC1=O. The summed E-state index contributed by atoms with van der Waals surface area (Å²) in [5.41, 5.74) is -0.717. The molecule has 2 aliphatic rings. The van der Waals surface area contributed by atoms with E-state index in [1.54, 1.807) is 0 Å². The fraction of sp³-hybridized carbons (Fsp3) is 0.385. The Morgan fingerprint density at radius 1 is 1.14 bits per heavy atom. The number of hydrogen-bond acceptors (Lipinski definition) is 6. The standard InChI is InChI=1S/C13H10F3NO5/c14-13(15,16)8-3-1-7(2-4-8)12-11(17-5-6-20-12)21-9(18)10(19)22-12/h1-4,11,17H,5-6H2. The van der Waals surface area contributed by atoms with Crippen molar-refractivity contribution < 1.29 is 37.0 Å². The minimum Gasteiger partial charge on any atom is -0.430 e. The number of carbonyl (C=O) groups is 2. The van der Waals surface area contributed by atoms with Crippen LogP contribution < -0.4 is 5.32 Å². The molecule has 118 valence electrons. The van der Waals surface area contributed by atoms with Gasteiger partial charge in [0.05, 0.1) is 12.2 Å². The van der Waals surface area contributed by atoms with Crippen LogP contribution in [-0.4, -0.2) is 31.3 Å². The molecule has 1 aromatic carbocycles. The molecule has 6 nitrogen and oxygen atoms in total. The number of benzene rings is 1. The maximum atomic E-state index is 12.6. The lowest BCUT2D eigenvalue weighted by Gasteiger charge is -2.44. The van der Waals surface area contributed by atoms with Gasteiger partial charge in [-0.05, 0) is 12.1 Å². The van der Waals surface area contributed by atoms with Crippen LogP contribution in [0.2, 0.25) is 0 Å². The quantitative estimate of drug-likeness (QED) is 0.613. The molecule has 9 heteroatoms. The second-order valence-electron chi connectivity index (χ2n) is 4.72. The van der Waals surface area contributed by atoms with Crippen molar-refractivity contribution in [3.8, 4) is 0 Å². The normalized spacial score (nSPS) is 28.6. The van der Waals surface area contributed by atoms with E-state index in [9.17, 15) is 22.8 Å². The average Bonchev–Trinajstić information content (AvgIpc) is 2.48. The molecule has 0 aromatic heterocycles. The van der Waals surface area contributed by atoms with Crippen LogP contribution in [-0.2, 0) is 35.8 Å². The number of alkyl halides is 3. The van der Waals surface area contributed by atoms with Crippen molar-refractivity contribution in [1.29, 1.82) is 0 Å². The molecule has 2 aliphatic heterocycles. The lowest BCUT2D eigenvalue weighted by Crippen LogP contribution is -2.63. The van der Waals surface area contributed by atoms with E-state index < -0.39 is 35.7 Å². The van der Waals surface area contributed by atoms with Gasteiger partial charge < -0.3 is 14.2 Å². The Hall–Kier alpha value is -2.13. The molecule has 0 bridgehead atoms. The van der Waals surface area contributed by atoms with E-state index in [0.29, 0.717) is 6.54 Å². The molecule has 1 aromatic rings. The van der Waals surface area contributed by atoms with Crippen molar-refractivity contribution in [3.63, 3.8) is 0 Å². The Morgan fingerprint density at radius 2 is 1.82 bits per heavy atom. The molecule has 2 heterocycles. The fourth-order valence-corrected chi connectivity index (χ4v) is 2.32. The first-order valence-electron chi connectivity index (χ1n) is 6.32. The van der Waals surface area contributed by atoms with Gasteiger partial charge in [0.2, 0.25) is 6.23 Å². The lowest BCUT2D eigenvalue weighted by molar-refractivity contribution is -0.319. The minimum absolute atomic E-state index is 0.127. The van der Waals surface area contributed by atoms with E-state index in [0.717, 1.165) is 24.3 Å². The Balaban J connectivity index is 1.99. The van der Waals surface area contributed by atoms with Crippen LogP contribution in [0.15, 0.2) is 24.3 Å². The molecule has 2 fully saturated rings. The molecular formula is C13H10F3NO5. The van der Waals surface area contributed by atoms with E-state index in [2.05, 4.69) is 5.32 Å². The second kappa shape index (κ2) is 4.96. The third kappa shape index (κ3) is 2.32. The molecule has 1 N–H and O–H groups in total. The van der Waals surface area contributed by atoms with Crippen molar-refractivity contribution in [2.24, 2.45) is 0 Å². The van der Waals surface area contributed by atoms with Gasteiger partial charge in [0.1, 0.15) is 0 Å². The summed E-state index contributed by atoms with van der Waals surface area (Å²) in [4.78, 5) is 22.7. The van der Waals surface area contributed by atoms with Crippen LogP contribution in [0.25, 0.3) is 0 Å². The summed E-state index contributed by atoms with van der Waals surface area (Å²) in [6.07, 6.45) is -5.61. The largest absolute Gasteiger partial charge is 0.430 e. The number of ether oxygens (including phenoxy) is 3. The Kier molecular flexibility index (Phi) is 3.33. The van der Waals surface area contributed by atoms with Gasteiger partial charge in [-0.15, -0.1) is 0 Å². The molecule has 0 radical (unpaired) electrons. The third-order valence-electron chi connectivity index (χ3n) is 3.34. The van der Waals surface area contributed by atoms with Gasteiger partial charge in [0, 0.05) is 12.1 Å². The van der Waals surface area contributed by atoms with Crippen LogP contribution >= 0.6 is 0 Å². The summed E-state index contributed by atoms with van der Waals surface area (Å²) in [6.45, 7) is 0.459. The molecule has 0 saturated carbocycles. The van der Waals surface area contributed by atoms with Crippen LogP contribution in [0.3, 0.4) is 0 Å². The predicted molar refractivity (Wildman–Crippen MR) is 63.0 cm³/mol. The summed E-state index contributed by atoms with van der Waals surface area (Å²) < 4.78 is 53.2. The number of fused-ring (bicyclic) bond motifs is 1. The Labute approximate surface area is 122 Å². The molecule has 0 aliphatic carbocycles. The zero-order chi connectivity index (χ0) is 16.0. The number of halogens is 3. The topological polar surface area (TPSA) is 73.9 Å². The highest BCUT2D eigenvalue weighted by Gasteiger charge is 2.55. The molecule has 3 rings (SSSR count). The number of hydrogen-bond donors (Lipinski definition) is 1. The molecule has 2 unspecified atom stereocenters. The van der Waals surface area contributed by atoms with Crippen molar-refractivity contribution in [2.45, 2.75) is 18.2 Å². The van der Waals surface area contributed by atoms with Crippen LogP contribution in [0.4, 0.5) is 13.2 Å². The number of nitrogens with one attached hydrogen (secondary N) is 1. The number of esters is 2. The molecule has 0 amide bonds. The first-order valence-corrected chi connectivity index (χ1v) is 6.32. The summed E-state index contributed by atoms with van der Waals surface area (Å²) in [7, 11) is 0. The van der Waals surface area contributed by atoms with Gasteiger partial charge >= 0.3 is 18.1 Å². The van der Waals surface area contributed by atoms with E-state index in [1.165, 1.54) is 0 Å². The second-order valence-corrected chi connectivity index (χ2v) is 4.72. The summed E-state index contributed by atoms with van der Waals surface area (Å²) in [6, 6.07) is 3.91. The summed E-state index contributed by atoms with van der Waals surface area (Å²) >= 11 is 0. The van der Waals surface area contributed by atoms with Gasteiger partial charge in [-0.25, -0.2) is 9.59 Å². The smallest absolute Gasteiger partial charge is 0.420 e. The van der Waals surface area contributed by atoms with Crippen molar-refractivity contribution >= 4 is 11.9 Å².